The Morgan fingerprint density at radius 2 is 1.86 bits per heavy atom. The quantitative estimate of drug-likeness (QED) is 0.806. The number of benzene rings is 1. The molecule has 21 heavy (non-hydrogen) atoms. The molecule has 0 saturated carbocycles. The van der Waals surface area contributed by atoms with Crippen LogP contribution >= 0.6 is 0 Å². The first-order chi connectivity index (χ1) is 10.2. The van der Waals surface area contributed by atoms with E-state index in [1.54, 1.807) is 0 Å². The largest absolute Gasteiger partial charge is 0.353 e. The summed E-state index contributed by atoms with van der Waals surface area (Å²) in [6.45, 7) is 7.41. The first-order valence-corrected chi connectivity index (χ1v) is 7.96. The van der Waals surface area contributed by atoms with Gasteiger partial charge >= 0.3 is 0 Å². The zero-order valence-corrected chi connectivity index (χ0v) is 13.1. The summed E-state index contributed by atoms with van der Waals surface area (Å²) < 4.78 is 0. The van der Waals surface area contributed by atoms with Crippen LogP contribution in [0.3, 0.4) is 0 Å². The normalized spacial score (nSPS) is 17.1. The van der Waals surface area contributed by atoms with Crippen LogP contribution in [0.5, 0.6) is 0 Å². The van der Waals surface area contributed by atoms with Gasteiger partial charge in [-0.3, -0.25) is 9.69 Å². The molecule has 1 aliphatic rings. The number of carbonyl (C=O) groups excluding carboxylic acids is 1. The Balaban J connectivity index is 1.92. The molecule has 1 aromatic carbocycles. The van der Waals surface area contributed by atoms with Gasteiger partial charge in [0.25, 0.3) is 0 Å². The third kappa shape index (κ3) is 5.14. The van der Waals surface area contributed by atoms with Gasteiger partial charge in [0.05, 0.1) is 12.6 Å². The third-order valence-corrected chi connectivity index (χ3v) is 3.93. The smallest absolute Gasteiger partial charge is 0.234 e. The molecule has 0 radical (unpaired) electrons. The maximum Gasteiger partial charge on any atom is 0.234 e. The maximum atomic E-state index is 11.9. The number of rotatable bonds is 7. The van der Waals surface area contributed by atoms with Crippen molar-refractivity contribution in [3.05, 3.63) is 35.9 Å². The molecule has 1 unspecified atom stereocenters. The molecule has 0 spiro atoms. The molecule has 4 heteroatoms. The average Bonchev–Trinajstić information content (AvgIpc) is 3.00. The zero-order valence-electron chi connectivity index (χ0n) is 13.1. The van der Waals surface area contributed by atoms with E-state index in [1.807, 2.05) is 19.9 Å². The Hall–Kier alpha value is -1.39. The van der Waals surface area contributed by atoms with E-state index >= 15 is 0 Å². The van der Waals surface area contributed by atoms with E-state index in [2.05, 4.69) is 39.8 Å². The Morgan fingerprint density at radius 3 is 2.48 bits per heavy atom. The first kappa shape index (κ1) is 16.0. The minimum Gasteiger partial charge on any atom is -0.353 e. The molecule has 2 N–H and O–H groups in total. The van der Waals surface area contributed by atoms with Gasteiger partial charge in [0.1, 0.15) is 0 Å². The van der Waals surface area contributed by atoms with Crippen LogP contribution in [0.25, 0.3) is 0 Å². The van der Waals surface area contributed by atoms with Gasteiger partial charge in [0, 0.05) is 12.6 Å². The van der Waals surface area contributed by atoms with Crippen LogP contribution in [0.15, 0.2) is 30.3 Å². The molecule has 1 amide bonds. The molecule has 4 nitrogen and oxygen atoms in total. The number of nitrogens with one attached hydrogen (secondary N) is 2. The molecule has 0 aliphatic carbocycles. The standard InChI is InChI=1S/C17H27N3O/c1-14(2)18-13-17(21)19-12-16(20-10-6-7-11-20)15-8-4-3-5-9-15/h3-5,8-9,14,16,18H,6-7,10-13H2,1-2H3,(H,19,21). The average molecular weight is 289 g/mol. The number of nitrogens with zero attached hydrogens (tertiary/aromatic N) is 1. The molecule has 1 saturated heterocycles. The third-order valence-electron chi connectivity index (χ3n) is 3.93. The number of hydrogen-bond donors (Lipinski definition) is 2. The molecule has 116 valence electrons. The molecular weight excluding hydrogens is 262 g/mol. The molecule has 1 fully saturated rings. The second-order valence-electron chi connectivity index (χ2n) is 6.01. The fraction of sp³-hybridized carbons (Fsp3) is 0.588. The highest BCUT2D eigenvalue weighted by molar-refractivity contribution is 5.78. The Bertz CT molecular complexity index is 427. The molecule has 1 aliphatic heterocycles. The number of hydrogen-bond acceptors (Lipinski definition) is 3. The summed E-state index contributed by atoms with van der Waals surface area (Å²) >= 11 is 0. The van der Waals surface area contributed by atoms with Crippen molar-refractivity contribution in [1.82, 2.24) is 15.5 Å². The number of carbonyl (C=O) groups is 1. The lowest BCUT2D eigenvalue weighted by molar-refractivity contribution is -0.120. The molecule has 0 aromatic heterocycles. The van der Waals surface area contributed by atoms with Gasteiger partial charge < -0.3 is 10.6 Å². The molecule has 1 atom stereocenters. The summed E-state index contributed by atoms with van der Waals surface area (Å²) in [6.07, 6.45) is 2.51. The van der Waals surface area contributed by atoms with Crippen LogP contribution in [0.4, 0.5) is 0 Å². The topological polar surface area (TPSA) is 44.4 Å². The fourth-order valence-corrected chi connectivity index (χ4v) is 2.76. The minimum absolute atomic E-state index is 0.0730. The Labute approximate surface area is 127 Å². The van der Waals surface area contributed by atoms with Crippen LogP contribution in [0.2, 0.25) is 0 Å². The van der Waals surface area contributed by atoms with Gasteiger partial charge in [0.15, 0.2) is 0 Å². The molecule has 0 bridgehead atoms. The van der Waals surface area contributed by atoms with Crippen LogP contribution in [-0.2, 0) is 4.79 Å². The predicted molar refractivity (Wildman–Crippen MR) is 86.1 cm³/mol. The summed E-state index contributed by atoms with van der Waals surface area (Å²) in [5, 5.41) is 6.22. The summed E-state index contributed by atoms with van der Waals surface area (Å²) in [7, 11) is 0. The summed E-state index contributed by atoms with van der Waals surface area (Å²) in [6, 6.07) is 11.1. The van der Waals surface area contributed by atoms with Crippen molar-refractivity contribution in [3.63, 3.8) is 0 Å². The Kier molecular flexibility index (Phi) is 6.21. The molecule has 2 rings (SSSR count). The van der Waals surface area contributed by atoms with Gasteiger partial charge in [-0.25, -0.2) is 0 Å². The Morgan fingerprint density at radius 1 is 1.19 bits per heavy atom. The van der Waals surface area contributed by atoms with Crippen molar-refractivity contribution in [3.8, 4) is 0 Å². The first-order valence-electron chi connectivity index (χ1n) is 7.96. The lowest BCUT2D eigenvalue weighted by atomic mass is 10.1. The van der Waals surface area contributed by atoms with E-state index in [0.717, 1.165) is 13.1 Å². The van der Waals surface area contributed by atoms with Gasteiger partial charge in [-0.05, 0) is 31.5 Å². The summed E-state index contributed by atoms with van der Waals surface area (Å²) in [5.41, 5.74) is 1.29. The predicted octanol–water partition coefficient (Wildman–Crippen LogP) is 1.94. The molecule has 1 heterocycles. The van der Waals surface area contributed by atoms with E-state index in [1.165, 1.54) is 18.4 Å². The molecule has 1 aromatic rings. The van der Waals surface area contributed by atoms with Crippen LogP contribution in [0.1, 0.15) is 38.3 Å². The van der Waals surface area contributed by atoms with Gasteiger partial charge in [-0.2, -0.15) is 0 Å². The number of likely N-dealkylation sites (tertiary alicyclic amines) is 1. The van der Waals surface area contributed by atoms with E-state index in [9.17, 15) is 4.79 Å². The van der Waals surface area contributed by atoms with Crippen molar-refractivity contribution >= 4 is 5.91 Å². The zero-order chi connectivity index (χ0) is 15.1. The SMILES string of the molecule is CC(C)NCC(=O)NCC(c1ccccc1)N1CCCC1. The van der Waals surface area contributed by atoms with Crippen molar-refractivity contribution in [1.29, 1.82) is 0 Å². The fourth-order valence-electron chi connectivity index (χ4n) is 2.76. The summed E-state index contributed by atoms with van der Waals surface area (Å²) in [5.74, 6) is 0.0730. The van der Waals surface area contributed by atoms with Crippen LogP contribution < -0.4 is 10.6 Å². The van der Waals surface area contributed by atoms with E-state index < -0.39 is 0 Å². The van der Waals surface area contributed by atoms with Crippen LogP contribution in [-0.4, -0.2) is 43.0 Å². The van der Waals surface area contributed by atoms with Gasteiger partial charge in [0.2, 0.25) is 5.91 Å². The van der Waals surface area contributed by atoms with Gasteiger partial charge in [-0.15, -0.1) is 0 Å². The van der Waals surface area contributed by atoms with Crippen molar-refractivity contribution in [2.24, 2.45) is 0 Å². The lowest BCUT2D eigenvalue weighted by Gasteiger charge is -2.28. The second kappa shape index (κ2) is 8.15. The molecular formula is C17H27N3O. The van der Waals surface area contributed by atoms with Crippen molar-refractivity contribution in [2.75, 3.05) is 26.2 Å². The van der Waals surface area contributed by atoms with E-state index in [4.69, 9.17) is 0 Å². The lowest BCUT2D eigenvalue weighted by Crippen LogP contribution is -2.41. The highest BCUT2D eigenvalue weighted by Crippen LogP contribution is 2.24. The monoisotopic (exact) mass is 289 g/mol. The van der Waals surface area contributed by atoms with E-state index in [-0.39, 0.29) is 11.9 Å². The highest BCUT2D eigenvalue weighted by atomic mass is 16.1. The summed E-state index contributed by atoms with van der Waals surface area (Å²) in [4.78, 5) is 14.4. The van der Waals surface area contributed by atoms with E-state index in [0.29, 0.717) is 19.1 Å². The number of amides is 1. The maximum absolute atomic E-state index is 11.9. The van der Waals surface area contributed by atoms with Crippen molar-refractivity contribution in [2.45, 2.75) is 38.8 Å². The van der Waals surface area contributed by atoms with Crippen LogP contribution in [0, 0.1) is 0 Å². The second-order valence-corrected chi connectivity index (χ2v) is 6.01. The minimum atomic E-state index is 0.0730. The van der Waals surface area contributed by atoms with Gasteiger partial charge in [-0.1, -0.05) is 44.2 Å². The highest BCUT2D eigenvalue weighted by Gasteiger charge is 2.23. The van der Waals surface area contributed by atoms with Crippen molar-refractivity contribution < 1.29 is 4.79 Å².